The zero-order valence-electron chi connectivity index (χ0n) is 21.6. The van der Waals surface area contributed by atoms with Crippen LogP contribution in [0.3, 0.4) is 0 Å². The Morgan fingerprint density at radius 3 is 2.60 bits per heavy atom. The molecule has 204 valence electrons. The zero-order chi connectivity index (χ0) is 27.8. The molecule has 1 heterocycles. The second kappa shape index (κ2) is 15.1. The van der Waals surface area contributed by atoms with E-state index in [4.69, 9.17) is 20.8 Å². The summed E-state index contributed by atoms with van der Waals surface area (Å²) >= 11 is 7.60. The third-order valence-electron chi connectivity index (χ3n) is 6.12. The van der Waals surface area contributed by atoms with Crippen LogP contribution in [0.5, 0.6) is 0 Å². The minimum absolute atomic E-state index is 0. The number of aliphatic carboxylic acids is 1. The number of hydrogen-bond acceptors (Lipinski definition) is 6. The van der Waals surface area contributed by atoms with E-state index >= 15 is 0 Å². The number of rotatable bonds is 12. The van der Waals surface area contributed by atoms with Crippen molar-refractivity contribution in [1.29, 1.82) is 0 Å². The topological polar surface area (TPSA) is 102 Å². The number of aryl methyl sites for hydroxylation is 1. The molecule has 40 heavy (non-hydrogen) atoms. The molecule has 0 aliphatic rings. The number of carbonyl (C=O) groups excluding carboxylic acids is 1. The van der Waals surface area contributed by atoms with Gasteiger partial charge < -0.3 is 19.6 Å². The first-order chi connectivity index (χ1) is 18.9. The van der Waals surface area contributed by atoms with E-state index in [1.54, 1.807) is 24.4 Å². The number of carboxylic acids is 1. The predicted octanol–water partition coefficient (Wildman–Crippen LogP) is 5.97. The van der Waals surface area contributed by atoms with Gasteiger partial charge in [-0.15, -0.1) is 0 Å². The number of carbonyl (C=O) groups is 2. The Bertz CT molecular complexity index is 1460. The van der Waals surface area contributed by atoms with Crippen molar-refractivity contribution in [1.82, 2.24) is 10.3 Å². The number of halogens is 1. The van der Waals surface area contributed by atoms with Gasteiger partial charge >= 0.3 is 24.8 Å². The number of benzene rings is 3. The van der Waals surface area contributed by atoms with Crippen LogP contribution in [0.2, 0.25) is 5.02 Å². The maximum absolute atomic E-state index is 13.2. The van der Waals surface area contributed by atoms with Crippen molar-refractivity contribution in [3.63, 3.8) is 0 Å². The zero-order valence-corrected chi connectivity index (χ0v) is 23.2. The second-order valence-electron chi connectivity index (χ2n) is 8.98. The van der Waals surface area contributed by atoms with E-state index in [-0.39, 0.29) is 32.1 Å². The third kappa shape index (κ3) is 8.26. The third-order valence-corrected chi connectivity index (χ3v) is 7.00. The summed E-state index contributed by atoms with van der Waals surface area (Å²) in [5.74, 6) is 0.190. The van der Waals surface area contributed by atoms with Gasteiger partial charge in [-0.05, 0) is 77.9 Å². The molecule has 0 aliphatic carbocycles. The Kier molecular flexibility index (Phi) is 11.9. The van der Waals surface area contributed by atoms with Crippen LogP contribution in [0.25, 0.3) is 22.6 Å². The van der Waals surface area contributed by atoms with Crippen molar-refractivity contribution >= 4 is 54.1 Å². The van der Waals surface area contributed by atoms with E-state index in [0.29, 0.717) is 40.0 Å². The number of nitrogens with one attached hydrogen (secondary N) is 1. The summed E-state index contributed by atoms with van der Waals surface area (Å²) in [5, 5.41) is 12.9. The van der Waals surface area contributed by atoms with Crippen LogP contribution in [0.15, 0.2) is 77.3 Å². The van der Waals surface area contributed by atoms with Crippen LogP contribution in [0, 0.1) is 6.92 Å². The molecule has 1 amide bonds. The molecule has 4 aromatic rings. The SMILES string of the molecule is CSCCC(NC(=O)c1ccc(COCc2cnc(-c3cccc(Cl)c3)o2)cc1-c1ccccc1C)C(=O)O.[LiH]. The second-order valence-corrected chi connectivity index (χ2v) is 10.4. The van der Waals surface area contributed by atoms with Crippen LogP contribution < -0.4 is 5.32 Å². The van der Waals surface area contributed by atoms with Crippen molar-refractivity contribution in [3.8, 4) is 22.6 Å². The Morgan fingerprint density at radius 2 is 1.88 bits per heavy atom. The van der Waals surface area contributed by atoms with Gasteiger partial charge in [-0.2, -0.15) is 11.8 Å². The van der Waals surface area contributed by atoms with E-state index in [9.17, 15) is 14.7 Å². The molecular formula is C30H30ClLiN2O5S. The molecule has 10 heteroatoms. The average Bonchev–Trinajstić information content (AvgIpc) is 3.40. The summed E-state index contributed by atoms with van der Waals surface area (Å²) < 4.78 is 11.7. The number of amides is 1. The maximum atomic E-state index is 13.2. The molecule has 4 rings (SSSR count). The van der Waals surface area contributed by atoms with E-state index < -0.39 is 17.9 Å². The van der Waals surface area contributed by atoms with E-state index in [2.05, 4.69) is 10.3 Å². The molecule has 0 bridgehead atoms. The monoisotopic (exact) mass is 572 g/mol. The summed E-state index contributed by atoms with van der Waals surface area (Å²) in [6, 6.07) is 19.5. The summed E-state index contributed by atoms with van der Waals surface area (Å²) in [5.41, 5.74) is 4.65. The van der Waals surface area contributed by atoms with Gasteiger partial charge in [0.05, 0.1) is 12.8 Å². The van der Waals surface area contributed by atoms with Crippen molar-refractivity contribution in [3.05, 3.63) is 100 Å². The quantitative estimate of drug-likeness (QED) is 0.202. The fourth-order valence-electron chi connectivity index (χ4n) is 4.10. The number of thioether (sulfide) groups is 1. The molecular weight excluding hydrogens is 543 g/mol. The van der Waals surface area contributed by atoms with Crippen LogP contribution in [-0.4, -0.2) is 58.9 Å². The molecule has 0 aliphatic heterocycles. The number of carboxylic acid groups (broad SMARTS) is 1. The van der Waals surface area contributed by atoms with Gasteiger partial charge in [0.2, 0.25) is 5.89 Å². The normalized spacial score (nSPS) is 11.5. The van der Waals surface area contributed by atoms with Crippen LogP contribution in [0.1, 0.15) is 33.7 Å². The number of oxazole rings is 1. The number of hydrogen-bond donors (Lipinski definition) is 2. The van der Waals surface area contributed by atoms with Gasteiger partial charge in [-0.1, -0.05) is 48.0 Å². The molecule has 3 aromatic carbocycles. The molecule has 1 atom stereocenters. The summed E-state index contributed by atoms with van der Waals surface area (Å²) in [7, 11) is 0. The fraction of sp³-hybridized carbons (Fsp3) is 0.233. The molecule has 1 unspecified atom stereocenters. The van der Waals surface area contributed by atoms with E-state index in [0.717, 1.165) is 22.3 Å². The van der Waals surface area contributed by atoms with Gasteiger partial charge in [0, 0.05) is 16.1 Å². The average molecular weight is 573 g/mol. The van der Waals surface area contributed by atoms with Crippen LogP contribution in [0.4, 0.5) is 0 Å². The summed E-state index contributed by atoms with van der Waals surface area (Å²) in [6.45, 7) is 2.46. The van der Waals surface area contributed by atoms with Gasteiger partial charge in [0.15, 0.2) is 5.76 Å². The molecule has 0 spiro atoms. The van der Waals surface area contributed by atoms with Crippen LogP contribution in [-0.2, 0) is 22.7 Å². The van der Waals surface area contributed by atoms with Gasteiger partial charge in [0.25, 0.3) is 5.91 Å². The van der Waals surface area contributed by atoms with Gasteiger partial charge in [-0.25, -0.2) is 9.78 Å². The molecule has 7 nitrogen and oxygen atoms in total. The van der Waals surface area contributed by atoms with E-state index in [1.165, 1.54) is 11.8 Å². The number of aromatic nitrogens is 1. The van der Waals surface area contributed by atoms with Crippen LogP contribution >= 0.6 is 23.4 Å². The summed E-state index contributed by atoms with van der Waals surface area (Å²) in [6.07, 6.45) is 3.87. The number of ether oxygens (including phenoxy) is 1. The Morgan fingerprint density at radius 1 is 1.07 bits per heavy atom. The Hall–Kier alpha value is -2.99. The van der Waals surface area contributed by atoms with E-state index in [1.807, 2.05) is 61.7 Å². The molecule has 0 saturated heterocycles. The van der Waals surface area contributed by atoms with Crippen molar-refractivity contribution < 1.29 is 23.8 Å². The molecule has 1 aromatic heterocycles. The number of nitrogens with zero attached hydrogens (tertiary/aromatic N) is 1. The molecule has 0 radical (unpaired) electrons. The molecule has 0 saturated carbocycles. The van der Waals surface area contributed by atoms with Crippen molar-refractivity contribution in [2.24, 2.45) is 0 Å². The predicted molar refractivity (Wildman–Crippen MR) is 161 cm³/mol. The Labute approximate surface area is 254 Å². The first-order valence-corrected chi connectivity index (χ1v) is 14.1. The fourth-order valence-corrected chi connectivity index (χ4v) is 4.77. The molecule has 0 fully saturated rings. The summed E-state index contributed by atoms with van der Waals surface area (Å²) in [4.78, 5) is 29.3. The Balaban J connectivity index is 0.00000441. The standard InChI is InChI=1S/C30H29ClN2O5S.Li.H/c1-19-6-3-4-9-24(19)26-14-20(10-11-25(26)28(34)33-27(30(35)36)12-13-39-2)17-37-18-23-16-32-29(38-23)21-7-5-8-22(31)15-21;;/h3-11,14-16,27H,12-13,17-18H2,1-2H3,(H,33,34)(H,35,36);;. The van der Waals surface area contributed by atoms with Gasteiger partial charge in [-0.3, -0.25) is 4.79 Å². The first kappa shape index (κ1) is 31.5. The first-order valence-electron chi connectivity index (χ1n) is 12.4. The van der Waals surface area contributed by atoms with Crippen molar-refractivity contribution in [2.75, 3.05) is 12.0 Å². The minimum atomic E-state index is -1.05. The molecule has 2 N–H and O–H groups in total. The van der Waals surface area contributed by atoms with Gasteiger partial charge in [0.1, 0.15) is 12.6 Å². The van der Waals surface area contributed by atoms with Crippen molar-refractivity contribution in [2.45, 2.75) is 32.6 Å².